The molecule has 1 fully saturated rings. The topological polar surface area (TPSA) is 54.3 Å². The zero-order valence-electron chi connectivity index (χ0n) is 10.2. The van der Waals surface area contributed by atoms with E-state index in [2.05, 4.69) is 10.6 Å². The van der Waals surface area contributed by atoms with Crippen molar-refractivity contribution in [1.29, 1.82) is 0 Å². The molecule has 0 spiro atoms. The van der Waals surface area contributed by atoms with Crippen LogP contribution < -0.4 is 10.6 Å². The molecule has 1 aliphatic rings. The van der Waals surface area contributed by atoms with E-state index in [1.807, 2.05) is 19.1 Å². The number of furan rings is 1. The second kappa shape index (κ2) is 5.87. The summed E-state index contributed by atoms with van der Waals surface area (Å²) in [6.07, 6.45) is 4.56. The summed E-state index contributed by atoms with van der Waals surface area (Å²) in [6, 6.07) is 3.67. The first-order valence-electron chi connectivity index (χ1n) is 6.29. The van der Waals surface area contributed by atoms with Gasteiger partial charge in [-0.2, -0.15) is 0 Å². The first kappa shape index (κ1) is 12.2. The van der Waals surface area contributed by atoms with Crippen molar-refractivity contribution >= 4 is 5.91 Å². The molecule has 0 saturated carbocycles. The van der Waals surface area contributed by atoms with Gasteiger partial charge in [-0.3, -0.25) is 4.79 Å². The van der Waals surface area contributed by atoms with Gasteiger partial charge in [0.05, 0.1) is 12.3 Å². The molecule has 1 aromatic heterocycles. The van der Waals surface area contributed by atoms with Crippen molar-refractivity contribution in [3.8, 4) is 0 Å². The molecule has 2 atom stereocenters. The third-order valence-corrected chi connectivity index (χ3v) is 3.22. The Hall–Kier alpha value is -1.29. The summed E-state index contributed by atoms with van der Waals surface area (Å²) in [6.45, 7) is 3.99. The molecule has 0 radical (unpaired) electrons. The van der Waals surface area contributed by atoms with Crippen LogP contribution >= 0.6 is 0 Å². The van der Waals surface area contributed by atoms with Crippen LogP contribution in [0.15, 0.2) is 22.8 Å². The van der Waals surface area contributed by atoms with E-state index in [-0.39, 0.29) is 11.9 Å². The molecule has 2 rings (SSSR count). The molecule has 0 bridgehead atoms. The fourth-order valence-electron chi connectivity index (χ4n) is 2.27. The lowest BCUT2D eigenvalue weighted by molar-refractivity contribution is -0.122. The van der Waals surface area contributed by atoms with Gasteiger partial charge in [0.2, 0.25) is 5.91 Å². The van der Waals surface area contributed by atoms with Gasteiger partial charge in [0, 0.05) is 6.42 Å². The average molecular weight is 236 g/mol. The van der Waals surface area contributed by atoms with Crippen LogP contribution in [0.25, 0.3) is 0 Å². The Bertz CT molecular complexity index is 342. The fourth-order valence-corrected chi connectivity index (χ4v) is 2.27. The van der Waals surface area contributed by atoms with E-state index in [0.717, 1.165) is 25.3 Å². The highest BCUT2D eigenvalue weighted by Crippen LogP contribution is 2.16. The second-order valence-electron chi connectivity index (χ2n) is 4.72. The van der Waals surface area contributed by atoms with Gasteiger partial charge in [0.15, 0.2) is 0 Å². The van der Waals surface area contributed by atoms with Gasteiger partial charge in [-0.15, -0.1) is 0 Å². The molecule has 2 N–H and O–H groups in total. The van der Waals surface area contributed by atoms with Gasteiger partial charge in [-0.1, -0.05) is 0 Å². The zero-order chi connectivity index (χ0) is 12.1. The molecule has 0 aliphatic carbocycles. The van der Waals surface area contributed by atoms with Crippen molar-refractivity contribution in [2.45, 2.75) is 32.2 Å². The van der Waals surface area contributed by atoms with Crippen molar-refractivity contribution in [1.82, 2.24) is 10.6 Å². The normalized spacial score (nSPS) is 22.1. The molecule has 1 unspecified atom stereocenters. The molecular formula is C13H20N2O2. The minimum atomic E-state index is -0.0472. The SMILES string of the molecule is C[C@H](NC(=O)CC1CCCNC1)c1ccco1. The van der Waals surface area contributed by atoms with E-state index in [1.54, 1.807) is 6.26 Å². The summed E-state index contributed by atoms with van der Waals surface area (Å²) in [4.78, 5) is 11.8. The number of hydrogen-bond donors (Lipinski definition) is 2. The smallest absolute Gasteiger partial charge is 0.220 e. The summed E-state index contributed by atoms with van der Waals surface area (Å²) in [5.41, 5.74) is 0. The average Bonchev–Trinajstić information content (AvgIpc) is 2.83. The maximum absolute atomic E-state index is 11.8. The summed E-state index contributed by atoms with van der Waals surface area (Å²) in [5.74, 6) is 1.40. The molecule has 1 aliphatic heterocycles. The quantitative estimate of drug-likeness (QED) is 0.838. The van der Waals surface area contributed by atoms with E-state index >= 15 is 0 Å². The number of hydrogen-bond acceptors (Lipinski definition) is 3. The largest absolute Gasteiger partial charge is 0.467 e. The predicted molar refractivity (Wildman–Crippen MR) is 65.5 cm³/mol. The van der Waals surface area contributed by atoms with Crippen molar-refractivity contribution < 1.29 is 9.21 Å². The van der Waals surface area contributed by atoms with E-state index in [1.165, 1.54) is 6.42 Å². The maximum Gasteiger partial charge on any atom is 0.220 e. The van der Waals surface area contributed by atoms with Gasteiger partial charge in [-0.05, 0) is 50.9 Å². The second-order valence-corrected chi connectivity index (χ2v) is 4.72. The Morgan fingerprint density at radius 1 is 1.71 bits per heavy atom. The molecule has 0 aromatic carbocycles. The van der Waals surface area contributed by atoms with Crippen molar-refractivity contribution in [3.63, 3.8) is 0 Å². The van der Waals surface area contributed by atoms with Crippen LogP contribution in [-0.2, 0) is 4.79 Å². The van der Waals surface area contributed by atoms with Crippen LogP contribution in [0.5, 0.6) is 0 Å². The Kier molecular flexibility index (Phi) is 4.20. The van der Waals surface area contributed by atoms with E-state index in [9.17, 15) is 4.79 Å². The number of carbonyl (C=O) groups excluding carboxylic acids is 1. The molecule has 17 heavy (non-hydrogen) atoms. The Morgan fingerprint density at radius 2 is 2.59 bits per heavy atom. The van der Waals surface area contributed by atoms with Crippen LogP contribution in [0.4, 0.5) is 0 Å². The zero-order valence-corrected chi connectivity index (χ0v) is 10.2. The minimum absolute atomic E-state index is 0.0472. The van der Waals surface area contributed by atoms with Crippen LogP contribution in [0.1, 0.15) is 38.0 Å². The highest BCUT2D eigenvalue weighted by atomic mass is 16.3. The van der Waals surface area contributed by atoms with E-state index < -0.39 is 0 Å². The van der Waals surface area contributed by atoms with Gasteiger partial charge < -0.3 is 15.1 Å². The lowest BCUT2D eigenvalue weighted by Gasteiger charge is -2.22. The van der Waals surface area contributed by atoms with Gasteiger partial charge >= 0.3 is 0 Å². The van der Waals surface area contributed by atoms with Crippen LogP contribution in [0.2, 0.25) is 0 Å². The molecule has 1 saturated heterocycles. The van der Waals surface area contributed by atoms with Gasteiger partial charge in [-0.25, -0.2) is 0 Å². The highest BCUT2D eigenvalue weighted by Gasteiger charge is 2.18. The number of amides is 1. The first-order valence-corrected chi connectivity index (χ1v) is 6.29. The van der Waals surface area contributed by atoms with Gasteiger partial charge in [0.25, 0.3) is 0 Å². The van der Waals surface area contributed by atoms with Crippen molar-refractivity contribution in [2.75, 3.05) is 13.1 Å². The monoisotopic (exact) mass is 236 g/mol. The van der Waals surface area contributed by atoms with Crippen LogP contribution in [-0.4, -0.2) is 19.0 Å². The molecule has 2 heterocycles. The number of rotatable bonds is 4. The number of nitrogens with one attached hydrogen (secondary N) is 2. The van der Waals surface area contributed by atoms with E-state index in [0.29, 0.717) is 12.3 Å². The first-order chi connectivity index (χ1) is 8.25. The van der Waals surface area contributed by atoms with Crippen molar-refractivity contribution in [3.05, 3.63) is 24.2 Å². The summed E-state index contributed by atoms with van der Waals surface area (Å²) in [5, 5.41) is 6.29. The Balaban J connectivity index is 1.76. The lowest BCUT2D eigenvalue weighted by atomic mass is 9.96. The molecule has 4 nitrogen and oxygen atoms in total. The van der Waals surface area contributed by atoms with Crippen LogP contribution in [0, 0.1) is 5.92 Å². The third kappa shape index (κ3) is 3.60. The molecule has 1 amide bonds. The standard InChI is InChI=1S/C13H20N2O2/c1-10(12-5-3-7-17-12)15-13(16)8-11-4-2-6-14-9-11/h3,5,7,10-11,14H,2,4,6,8-9H2,1H3,(H,15,16)/t10-,11?/m0/s1. The number of carbonyl (C=O) groups is 1. The summed E-state index contributed by atoms with van der Waals surface area (Å²) >= 11 is 0. The van der Waals surface area contributed by atoms with Gasteiger partial charge in [0.1, 0.15) is 5.76 Å². The Labute approximate surface area is 102 Å². The Morgan fingerprint density at radius 3 is 3.24 bits per heavy atom. The minimum Gasteiger partial charge on any atom is -0.467 e. The summed E-state index contributed by atoms with van der Waals surface area (Å²) < 4.78 is 5.26. The fraction of sp³-hybridized carbons (Fsp3) is 0.615. The van der Waals surface area contributed by atoms with Crippen LogP contribution in [0.3, 0.4) is 0 Å². The molecule has 4 heteroatoms. The van der Waals surface area contributed by atoms with Crippen molar-refractivity contribution in [2.24, 2.45) is 5.92 Å². The molecule has 94 valence electrons. The molecular weight excluding hydrogens is 216 g/mol. The lowest BCUT2D eigenvalue weighted by Crippen LogP contribution is -2.34. The predicted octanol–water partition coefficient (Wildman–Crippen LogP) is 1.85. The maximum atomic E-state index is 11.8. The van der Waals surface area contributed by atoms with E-state index in [4.69, 9.17) is 4.42 Å². The summed E-state index contributed by atoms with van der Waals surface area (Å²) in [7, 11) is 0. The number of piperidine rings is 1. The highest BCUT2D eigenvalue weighted by molar-refractivity contribution is 5.76. The molecule has 1 aromatic rings. The third-order valence-electron chi connectivity index (χ3n) is 3.22.